The molecule has 0 spiro atoms. The van der Waals surface area contributed by atoms with Crippen LogP contribution in [0.5, 0.6) is 0 Å². The predicted octanol–water partition coefficient (Wildman–Crippen LogP) is 2.46. The van der Waals surface area contributed by atoms with E-state index in [1.54, 1.807) is 10.6 Å². The number of aryl methyl sites for hydroxylation is 1. The molecule has 2 heterocycles. The van der Waals surface area contributed by atoms with Gasteiger partial charge in [-0.15, -0.1) is 0 Å². The third kappa shape index (κ3) is 3.16. The van der Waals surface area contributed by atoms with Gasteiger partial charge in [0.1, 0.15) is 17.7 Å². The molecule has 7 nitrogen and oxygen atoms in total. The number of aromatic nitrogens is 4. The third-order valence-corrected chi connectivity index (χ3v) is 5.00. The van der Waals surface area contributed by atoms with Gasteiger partial charge in [-0.05, 0) is 30.2 Å². The second-order valence-corrected chi connectivity index (χ2v) is 6.98. The summed E-state index contributed by atoms with van der Waals surface area (Å²) in [5.74, 6) is -0.684. The van der Waals surface area contributed by atoms with E-state index in [9.17, 15) is 18.8 Å². The van der Waals surface area contributed by atoms with Crippen LogP contribution in [-0.2, 0) is 13.6 Å². The molecule has 0 N–H and O–H groups in total. The average molecular weight is 406 g/mol. The lowest BCUT2D eigenvalue weighted by atomic mass is 10.0. The Morgan fingerprint density at radius 1 is 1.03 bits per heavy atom. The number of halogens is 1. The molecule has 2 aromatic carbocycles. The lowest BCUT2D eigenvalue weighted by Gasteiger charge is -2.15. The maximum absolute atomic E-state index is 15.0. The first-order valence-corrected chi connectivity index (χ1v) is 9.50. The van der Waals surface area contributed by atoms with E-state index in [4.69, 9.17) is 0 Å². The number of benzene rings is 2. The van der Waals surface area contributed by atoms with Crippen LogP contribution in [-0.4, -0.2) is 18.9 Å². The Balaban J connectivity index is 2.05. The Morgan fingerprint density at radius 2 is 1.77 bits per heavy atom. The van der Waals surface area contributed by atoms with E-state index in [1.165, 1.54) is 19.2 Å². The van der Waals surface area contributed by atoms with E-state index in [1.807, 2.05) is 37.3 Å². The first kappa shape index (κ1) is 19.5. The monoisotopic (exact) mass is 406 g/mol. The van der Waals surface area contributed by atoms with Crippen molar-refractivity contribution in [1.29, 1.82) is 0 Å². The molecule has 0 fully saturated rings. The highest BCUT2D eigenvalue weighted by molar-refractivity contribution is 5.86. The fourth-order valence-corrected chi connectivity index (χ4v) is 3.46. The minimum Gasteiger partial charge on any atom is -0.308 e. The summed E-state index contributed by atoms with van der Waals surface area (Å²) in [6.07, 6.45) is 1.64. The van der Waals surface area contributed by atoms with Crippen LogP contribution in [0.1, 0.15) is 13.3 Å². The van der Waals surface area contributed by atoms with E-state index in [0.717, 1.165) is 21.0 Å². The number of hydrogen-bond acceptors (Lipinski definition) is 4. The van der Waals surface area contributed by atoms with Gasteiger partial charge in [0.2, 0.25) is 0 Å². The smallest absolute Gasteiger partial charge is 0.308 e. The SMILES string of the molecule is CCCn1c(=O)c(-c2ccccc2)cc2cc(F)c(-n3ncc(=O)n(C)c3=O)cc21. The van der Waals surface area contributed by atoms with Crippen molar-refractivity contribution < 1.29 is 4.39 Å². The Kier molecular flexibility index (Phi) is 4.91. The molecule has 4 aromatic rings. The summed E-state index contributed by atoms with van der Waals surface area (Å²) >= 11 is 0. The number of rotatable bonds is 4. The van der Waals surface area contributed by atoms with Gasteiger partial charge in [0, 0.05) is 24.5 Å². The second kappa shape index (κ2) is 7.55. The second-order valence-electron chi connectivity index (χ2n) is 6.98. The van der Waals surface area contributed by atoms with Crippen molar-refractivity contribution in [2.45, 2.75) is 19.9 Å². The van der Waals surface area contributed by atoms with E-state index in [2.05, 4.69) is 5.10 Å². The van der Waals surface area contributed by atoms with Gasteiger partial charge in [-0.3, -0.25) is 14.2 Å². The molecule has 2 aromatic heterocycles. The van der Waals surface area contributed by atoms with Gasteiger partial charge < -0.3 is 4.57 Å². The number of nitrogens with zero attached hydrogens (tertiary/aromatic N) is 4. The molecule has 0 saturated carbocycles. The number of hydrogen-bond donors (Lipinski definition) is 0. The molecule has 0 radical (unpaired) electrons. The predicted molar refractivity (Wildman–Crippen MR) is 113 cm³/mol. The normalized spacial score (nSPS) is 11.2. The highest BCUT2D eigenvalue weighted by atomic mass is 19.1. The van der Waals surface area contributed by atoms with Crippen LogP contribution in [0.15, 0.2) is 69.1 Å². The molecule has 0 unspecified atom stereocenters. The zero-order valence-corrected chi connectivity index (χ0v) is 16.5. The van der Waals surface area contributed by atoms with Crippen molar-refractivity contribution in [3.63, 3.8) is 0 Å². The first-order valence-electron chi connectivity index (χ1n) is 9.50. The maximum atomic E-state index is 15.0. The highest BCUT2D eigenvalue weighted by Crippen LogP contribution is 2.25. The molecule has 0 atom stereocenters. The van der Waals surface area contributed by atoms with Gasteiger partial charge in [-0.2, -0.15) is 9.78 Å². The summed E-state index contributed by atoms with van der Waals surface area (Å²) < 4.78 is 18.2. The largest absolute Gasteiger partial charge is 0.352 e. The summed E-state index contributed by atoms with van der Waals surface area (Å²) in [6, 6.07) is 13.6. The standard InChI is InChI=1S/C22H19FN4O3/c1-3-9-26-18-12-19(27-22(30)25(2)20(28)13-24-27)17(23)11-15(18)10-16(21(26)29)14-7-5-4-6-8-14/h4-8,10-13H,3,9H2,1-2H3. The Bertz CT molecular complexity index is 1440. The number of pyridine rings is 1. The van der Waals surface area contributed by atoms with Crippen molar-refractivity contribution >= 4 is 10.9 Å². The molecule has 0 aliphatic rings. The maximum Gasteiger partial charge on any atom is 0.352 e. The molecule has 0 amide bonds. The van der Waals surface area contributed by atoms with Crippen LogP contribution in [0.2, 0.25) is 0 Å². The van der Waals surface area contributed by atoms with Crippen molar-refractivity contribution in [2.24, 2.45) is 7.05 Å². The van der Waals surface area contributed by atoms with Gasteiger partial charge >= 0.3 is 5.69 Å². The molecule has 0 aliphatic heterocycles. The zero-order valence-electron chi connectivity index (χ0n) is 16.5. The lowest BCUT2D eigenvalue weighted by Crippen LogP contribution is -2.38. The Labute approximate surface area is 170 Å². The fourth-order valence-electron chi connectivity index (χ4n) is 3.46. The lowest BCUT2D eigenvalue weighted by molar-refractivity contribution is 0.585. The summed E-state index contributed by atoms with van der Waals surface area (Å²) in [7, 11) is 1.29. The summed E-state index contributed by atoms with van der Waals surface area (Å²) in [5, 5.41) is 4.31. The van der Waals surface area contributed by atoms with Gasteiger partial charge in [-0.1, -0.05) is 37.3 Å². The summed E-state index contributed by atoms with van der Waals surface area (Å²) in [5.41, 5.74) is 0.0174. The van der Waals surface area contributed by atoms with Crippen molar-refractivity contribution in [2.75, 3.05) is 0 Å². The minimum atomic E-state index is -0.772. The van der Waals surface area contributed by atoms with E-state index in [0.29, 0.717) is 29.4 Å². The van der Waals surface area contributed by atoms with E-state index >= 15 is 0 Å². The van der Waals surface area contributed by atoms with Gasteiger partial charge in [0.25, 0.3) is 11.1 Å². The highest BCUT2D eigenvalue weighted by Gasteiger charge is 2.16. The number of fused-ring (bicyclic) bond motifs is 1. The van der Waals surface area contributed by atoms with Crippen LogP contribution in [0.25, 0.3) is 27.7 Å². The van der Waals surface area contributed by atoms with Crippen LogP contribution >= 0.6 is 0 Å². The molecular formula is C22H19FN4O3. The van der Waals surface area contributed by atoms with Crippen molar-refractivity contribution in [3.05, 3.63) is 91.7 Å². The zero-order chi connectivity index (χ0) is 21.4. The van der Waals surface area contributed by atoms with Gasteiger partial charge in [0.05, 0.1) is 5.52 Å². The van der Waals surface area contributed by atoms with Gasteiger partial charge in [-0.25, -0.2) is 9.18 Å². The van der Waals surface area contributed by atoms with Crippen LogP contribution in [0.3, 0.4) is 0 Å². The average Bonchev–Trinajstić information content (AvgIpc) is 2.75. The van der Waals surface area contributed by atoms with E-state index in [-0.39, 0.29) is 11.2 Å². The molecular weight excluding hydrogens is 387 g/mol. The van der Waals surface area contributed by atoms with Crippen molar-refractivity contribution in [3.8, 4) is 16.8 Å². The molecule has 30 heavy (non-hydrogen) atoms. The molecule has 0 saturated heterocycles. The quantitative estimate of drug-likeness (QED) is 0.522. The molecule has 0 bridgehead atoms. The van der Waals surface area contributed by atoms with Crippen LogP contribution in [0.4, 0.5) is 4.39 Å². The minimum absolute atomic E-state index is 0.125. The fraction of sp³-hybridized carbons (Fsp3) is 0.182. The molecule has 152 valence electrons. The van der Waals surface area contributed by atoms with Gasteiger partial charge in [0.15, 0.2) is 0 Å². The third-order valence-electron chi connectivity index (χ3n) is 5.00. The first-order chi connectivity index (χ1) is 14.4. The molecule has 0 aliphatic carbocycles. The topological polar surface area (TPSA) is 78.9 Å². The summed E-state index contributed by atoms with van der Waals surface area (Å²) in [4.78, 5) is 37.3. The Morgan fingerprint density at radius 3 is 2.47 bits per heavy atom. The summed E-state index contributed by atoms with van der Waals surface area (Å²) in [6.45, 7) is 2.37. The molecule has 4 rings (SSSR count). The van der Waals surface area contributed by atoms with Crippen LogP contribution in [0, 0.1) is 5.82 Å². The Hall–Kier alpha value is -3.81. The molecule has 8 heteroatoms. The van der Waals surface area contributed by atoms with Crippen LogP contribution < -0.4 is 16.8 Å². The van der Waals surface area contributed by atoms with Crippen molar-refractivity contribution in [1.82, 2.24) is 18.9 Å². The van der Waals surface area contributed by atoms with E-state index < -0.39 is 17.1 Å².